The lowest BCUT2D eigenvalue weighted by atomic mass is 10.1. The maximum Gasteiger partial charge on any atom is 0.422 e. The molecule has 0 radical (unpaired) electrons. The van der Waals surface area contributed by atoms with E-state index in [4.69, 9.17) is 10.6 Å². The van der Waals surface area contributed by atoms with Crippen LogP contribution in [0.25, 0.3) is 11.0 Å². The second-order valence-electron chi connectivity index (χ2n) is 6.41. The number of ether oxygens (including phenoxy) is 2. The van der Waals surface area contributed by atoms with Crippen LogP contribution >= 0.6 is 11.8 Å². The van der Waals surface area contributed by atoms with Crippen molar-refractivity contribution in [1.82, 2.24) is 14.6 Å². The normalized spacial score (nSPS) is 11.6. The third kappa shape index (κ3) is 5.15. The van der Waals surface area contributed by atoms with Crippen molar-refractivity contribution in [1.29, 1.82) is 0 Å². The molecule has 7 nitrogen and oxygen atoms in total. The number of imidazole rings is 1. The van der Waals surface area contributed by atoms with Crippen molar-refractivity contribution in [2.75, 3.05) is 19.6 Å². The molecule has 0 amide bonds. The number of pyridine rings is 1. The Kier molecular flexibility index (Phi) is 6.40. The number of thioether (sulfide) groups is 1. The van der Waals surface area contributed by atoms with Gasteiger partial charge in [0, 0.05) is 17.5 Å². The average molecular weight is 440 g/mol. The van der Waals surface area contributed by atoms with Crippen molar-refractivity contribution in [3.05, 3.63) is 47.3 Å². The van der Waals surface area contributed by atoms with Gasteiger partial charge in [-0.2, -0.15) is 13.2 Å². The summed E-state index contributed by atoms with van der Waals surface area (Å²) >= 11 is 1.29. The van der Waals surface area contributed by atoms with Crippen molar-refractivity contribution in [2.45, 2.75) is 30.4 Å². The Morgan fingerprint density at radius 2 is 2.07 bits per heavy atom. The first-order valence-corrected chi connectivity index (χ1v) is 9.76. The number of nitrogens with two attached hydrogens (primary N) is 1. The van der Waals surface area contributed by atoms with Crippen LogP contribution in [0.4, 0.5) is 13.2 Å². The number of carbonyl (C=O) groups is 1. The van der Waals surface area contributed by atoms with E-state index in [0.717, 1.165) is 5.56 Å². The molecule has 1 aromatic carbocycles. The van der Waals surface area contributed by atoms with Gasteiger partial charge in [-0.15, -0.1) is 0 Å². The molecule has 2 aromatic heterocycles. The topological polar surface area (TPSA) is 92.3 Å². The zero-order valence-electron chi connectivity index (χ0n) is 16.2. The fraction of sp³-hybridized carbons (Fsp3) is 0.316. The highest BCUT2D eigenvalue weighted by molar-refractivity contribution is 7.98. The lowest BCUT2D eigenvalue weighted by Crippen LogP contribution is -2.19. The van der Waals surface area contributed by atoms with E-state index in [9.17, 15) is 18.0 Å². The first kappa shape index (κ1) is 21.8. The summed E-state index contributed by atoms with van der Waals surface area (Å²) in [6, 6.07) is 6.69. The van der Waals surface area contributed by atoms with Gasteiger partial charge in [-0.3, -0.25) is 9.78 Å². The number of halogens is 3. The SMILES string of the molecule is COC(=O)Cc1ccc2nc(SCc3nccc(OCC(F)(F)F)c3C)n(N)c2c1. The molecule has 0 saturated heterocycles. The van der Waals surface area contributed by atoms with Gasteiger partial charge >= 0.3 is 12.1 Å². The Hall–Kier alpha value is -2.95. The van der Waals surface area contributed by atoms with Gasteiger partial charge in [0.25, 0.3) is 0 Å². The molecule has 3 rings (SSSR count). The number of methoxy groups -OCH3 is 1. The zero-order chi connectivity index (χ0) is 21.9. The Balaban J connectivity index is 1.76. The van der Waals surface area contributed by atoms with Crippen LogP contribution in [-0.4, -0.2) is 40.5 Å². The predicted molar refractivity (Wildman–Crippen MR) is 106 cm³/mol. The first-order valence-electron chi connectivity index (χ1n) is 8.78. The maximum atomic E-state index is 12.4. The number of hydrogen-bond donors (Lipinski definition) is 1. The summed E-state index contributed by atoms with van der Waals surface area (Å²) in [6.07, 6.45) is -2.89. The lowest BCUT2D eigenvalue weighted by molar-refractivity contribution is -0.153. The van der Waals surface area contributed by atoms with Gasteiger partial charge in [-0.25, -0.2) is 9.66 Å². The summed E-state index contributed by atoms with van der Waals surface area (Å²) in [6.45, 7) is 0.288. The van der Waals surface area contributed by atoms with Crippen LogP contribution in [0.5, 0.6) is 5.75 Å². The molecule has 0 saturated carbocycles. The number of nitrogen functional groups attached to an aromatic ring is 1. The fourth-order valence-corrected chi connectivity index (χ4v) is 3.68. The molecule has 0 bridgehead atoms. The molecule has 0 aliphatic carbocycles. The van der Waals surface area contributed by atoms with Crippen molar-refractivity contribution in [3.63, 3.8) is 0 Å². The number of hydrogen-bond acceptors (Lipinski definition) is 7. The van der Waals surface area contributed by atoms with E-state index in [1.54, 1.807) is 25.1 Å². The molecule has 2 N–H and O–H groups in total. The van der Waals surface area contributed by atoms with Gasteiger partial charge in [0.05, 0.1) is 30.3 Å². The van der Waals surface area contributed by atoms with Crippen LogP contribution in [-0.2, 0) is 21.7 Å². The minimum absolute atomic E-state index is 0.119. The lowest BCUT2D eigenvalue weighted by Gasteiger charge is -2.13. The number of alkyl halides is 3. The van der Waals surface area contributed by atoms with Crippen LogP contribution in [0.15, 0.2) is 35.6 Å². The quantitative estimate of drug-likeness (QED) is 0.342. The second-order valence-corrected chi connectivity index (χ2v) is 7.36. The summed E-state index contributed by atoms with van der Waals surface area (Å²) in [5.41, 5.74) is 3.13. The third-order valence-corrected chi connectivity index (χ3v) is 5.25. The van der Waals surface area contributed by atoms with Gasteiger partial charge < -0.3 is 15.3 Å². The molecule has 0 spiro atoms. The summed E-state index contributed by atoms with van der Waals surface area (Å²) in [4.78, 5) is 20.2. The zero-order valence-corrected chi connectivity index (χ0v) is 17.0. The molecule has 0 fully saturated rings. The van der Waals surface area contributed by atoms with E-state index >= 15 is 0 Å². The largest absolute Gasteiger partial charge is 0.484 e. The van der Waals surface area contributed by atoms with E-state index in [2.05, 4.69) is 14.7 Å². The number of fused-ring (bicyclic) bond motifs is 1. The van der Waals surface area contributed by atoms with Crippen LogP contribution in [0, 0.1) is 6.92 Å². The average Bonchev–Trinajstić information content (AvgIpc) is 3.01. The summed E-state index contributed by atoms with van der Waals surface area (Å²) in [5, 5.41) is 0.503. The minimum Gasteiger partial charge on any atom is -0.484 e. The highest BCUT2D eigenvalue weighted by Crippen LogP contribution is 2.29. The molecule has 11 heteroatoms. The molecule has 30 heavy (non-hydrogen) atoms. The Morgan fingerprint density at radius 1 is 1.30 bits per heavy atom. The van der Waals surface area contributed by atoms with Crippen molar-refractivity contribution >= 4 is 28.8 Å². The van der Waals surface area contributed by atoms with Gasteiger partial charge in [0.15, 0.2) is 11.8 Å². The molecule has 2 heterocycles. The number of carbonyl (C=O) groups excluding carboxylic acids is 1. The minimum atomic E-state index is -4.41. The second kappa shape index (κ2) is 8.82. The molecular weight excluding hydrogens is 421 g/mol. The molecule has 0 atom stereocenters. The molecule has 0 unspecified atom stereocenters. The third-order valence-electron chi connectivity index (χ3n) is 4.29. The molecule has 3 aromatic rings. The first-order chi connectivity index (χ1) is 14.2. The van der Waals surface area contributed by atoms with Gasteiger partial charge in [-0.05, 0) is 30.7 Å². The highest BCUT2D eigenvalue weighted by atomic mass is 32.2. The van der Waals surface area contributed by atoms with Gasteiger partial charge in [-0.1, -0.05) is 17.8 Å². The Labute approximate surface area is 174 Å². The molecule has 0 aliphatic rings. The van der Waals surface area contributed by atoms with E-state index in [1.165, 1.54) is 35.8 Å². The smallest absolute Gasteiger partial charge is 0.422 e. The molecule has 0 aliphatic heterocycles. The highest BCUT2D eigenvalue weighted by Gasteiger charge is 2.28. The maximum absolute atomic E-state index is 12.4. The summed E-state index contributed by atoms with van der Waals surface area (Å²) in [7, 11) is 1.32. The van der Waals surface area contributed by atoms with Crippen molar-refractivity contribution in [3.8, 4) is 5.75 Å². The molecule has 160 valence electrons. The van der Waals surface area contributed by atoms with Crippen LogP contribution < -0.4 is 10.6 Å². The van der Waals surface area contributed by atoms with Gasteiger partial charge in [0.1, 0.15) is 5.75 Å². The van der Waals surface area contributed by atoms with Crippen LogP contribution in [0.2, 0.25) is 0 Å². The number of esters is 1. The monoisotopic (exact) mass is 440 g/mol. The van der Waals surface area contributed by atoms with E-state index in [0.29, 0.717) is 33.2 Å². The fourth-order valence-electron chi connectivity index (χ4n) is 2.72. The summed E-state index contributed by atoms with van der Waals surface area (Å²) in [5.74, 6) is 6.25. The number of rotatable bonds is 7. The van der Waals surface area contributed by atoms with Crippen LogP contribution in [0.1, 0.15) is 16.8 Å². The van der Waals surface area contributed by atoms with E-state index in [-0.39, 0.29) is 18.1 Å². The van der Waals surface area contributed by atoms with Gasteiger partial charge in [0.2, 0.25) is 0 Å². The Bertz CT molecular complexity index is 1070. The molecular formula is C19H19F3N4O3S. The van der Waals surface area contributed by atoms with Crippen molar-refractivity contribution in [2.24, 2.45) is 0 Å². The predicted octanol–water partition coefficient (Wildman–Crippen LogP) is 3.40. The standard InChI is InChI=1S/C19H19F3N4O3S/c1-11-14(24-6-5-16(11)29-10-19(20,21)22)9-30-18-25-13-4-3-12(8-17(27)28-2)7-15(13)26(18)23/h3-7H,8-10,23H2,1-2H3. The van der Waals surface area contributed by atoms with E-state index < -0.39 is 12.8 Å². The van der Waals surface area contributed by atoms with Crippen LogP contribution in [0.3, 0.4) is 0 Å². The van der Waals surface area contributed by atoms with Crippen molar-refractivity contribution < 1.29 is 27.4 Å². The number of aromatic nitrogens is 3. The number of nitrogens with zero attached hydrogens (tertiary/aromatic N) is 3. The Morgan fingerprint density at radius 3 is 2.77 bits per heavy atom. The van der Waals surface area contributed by atoms with E-state index in [1.807, 2.05) is 0 Å². The number of benzene rings is 1. The summed E-state index contributed by atoms with van der Waals surface area (Å²) < 4.78 is 48.2.